The van der Waals surface area contributed by atoms with Crippen LogP contribution < -0.4 is 0 Å². The summed E-state index contributed by atoms with van der Waals surface area (Å²) in [5, 5.41) is 0. The van der Waals surface area contributed by atoms with Gasteiger partial charge in [-0.25, -0.2) is 0 Å². The zero-order valence-corrected chi connectivity index (χ0v) is 13.4. The Labute approximate surface area is 128 Å². The molecule has 0 unspecified atom stereocenters. The van der Waals surface area contributed by atoms with Crippen molar-refractivity contribution >= 4 is 10.1 Å². The second-order valence-corrected chi connectivity index (χ2v) is 6.83. The number of hydrogen-bond donors (Lipinski definition) is 1. The van der Waals surface area contributed by atoms with E-state index in [-0.39, 0.29) is 5.75 Å². The van der Waals surface area contributed by atoms with Gasteiger partial charge in [0.25, 0.3) is 10.1 Å². The molecule has 0 saturated heterocycles. The lowest BCUT2D eigenvalue weighted by Gasteiger charge is -2.04. The summed E-state index contributed by atoms with van der Waals surface area (Å²) in [5.41, 5.74) is 1.35. The third kappa shape index (κ3) is 11.4. The molecule has 1 aromatic carbocycles. The van der Waals surface area contributed by atoms with E-state index in [0.29, 0.717) is 6.42 Å². The SMILES string of the molecule is O=S(=O)(O)CCCCCCCOCCCc1ccccc1. The fourth-order valence-electron chi connectivity index (χ4n) is 2.14. The molecule has 1 N–H and O–H groups in total. The second kappa shape index (κ2) is 10.8. The Morgan fingerprint density at radius 2 is 1.48 bits per heavy atom. The van der Waals surface area contributed by atoms with Crippen LogP contribution >= 0.6 is 0 Å². The van der Waals surface area contributed by atoms with Crippen LogP contribution in [0.3, 0.4) is 0 Å². The zero-order valence-electron chi connectivity index (χ0n) is 12.5. The lowest BCUT2D eigenvalue weighted by atomic mass is 10.1. The van der Waals surface area contributed by atoms with E-state index >= 15 is 0 Å². The van der Waals surface area contributed by atoms with Crippen LogP contribution in [-0.4, -0.2) is 31.9 Å². The molecule has 0 heterocycles. The Balaban J connectivity index is 1.83. The number of ether oxygens (including phenoxy) is 1. The first kappa shape index (κ1) is 18.1. The molecular weight excluding hydrogens is 288 g/mol. The van der Waals surface area contributed by atoms with Crippen LogP contribution in [0.2, 0.25) is 0 Å². The van der Waals surface area contributed by atoms with Crippen molar-refractivity contribution in [2.75, 3.05) is 19.0 Å². The predicted octanol–water partition coefficient (Wildman–Crippen LogP) is 3.47. The maximum Gasteiger partial charge on any atom is 0.264 e. The summed E-state index contributed by atoms with van der Waals surface area (Å²) < 4.78 is 35.2. The summed E-state index contributed by atoms with van der Waals surface area (Å²) in [6, 6.07) is 10.4. The fraction of sp³-hybridized carbons (Fsp3) is 0.625. The molecule has 0 saturated carbocycles. The Bertz CT molecular complexity index is 456. The van der Waals surface area contributed by atoms with Gasteiger partial charge in [-0.2, -0.15) is 8.42 Å². The molecule has 4 nitrogen and oxygen atoms in total. The molecule has 0 spiro atoms. The van der Waals surface area contributed by atoms with Crippen LogP contribution in [0.25, 0.3) is 0 Å². The molecule has 0 bridgehead atoms. The highest BCUT2D eigenvalue weighted by atomic mass is 32.2. The van der Waals surface area contributed by atoms with Gasteiger partial charge in [0, 0.05) is 13.2 Å². The van der Waals surface area contributed by atoms with Crippen molar-refractivity contribution in [1.82, 2.24) is 0 Å². The first-order valence-corrected chi connectivity index (χ1v) is 9.26. The highest BCUT2D eigenvalue weighted by Crippen LogP contribution is 2.06. The van der Waals surface area contributed by atoms with Crippen LogP contribution in [0.5, 0.6) is 0 Å². The zero-order chi connectivity index (χ0) is 15.4. The average Bonchev–Trinajstić information content (AvgIpc) is 2.44. The van der Waals surface area contributed by atoms with Crippen molar-refractivity contribution < 1.29 is 17.7 Å². The summed E-state index contributed by atoms with van der Waals surface area (Å²) in [4.78, 5) is 0. The third-order valence-corrected chi connectivity index (χ3v) is 4.09. The summed E-state index contributed by atoms with van der Waals surface area (Å²) in [5.74, 6) is -0.122. The molecule has 0 amide bonds. The Kier molecular flexibility index (Phi) is 9.30. The maximum absolute atomic E-state index is 10.5. The molecular formula is C16H26O4S. The highest BCUT2D eigenvalue weighted by Gasteiger charge is 2.02. The molecule has 120 valence electrons. The Morgan fingerprint density at radius 1 is 0.857 bits per heavy atom. The van der Waals surface area contributed by atoms with Crippen LogP contribution in [0.15, 0.2) is 30.3 Å². The third-order valence-electron chi connectivity index (χ3n) is 3.29. The molecule has 0 aliphatic carbocycles. The summed E-state index contributed by atoms with van der Waals surface area (Å²) in [6.07, 6.45) is 6.52. The molecule has 1 aromatic rings. The number of aryl methyl sites for hydroxylation is 1. The standard InChI is InChI=1S/C16H26O4S/c17-21(18,19)15-8-3-1-2-7-13-20-14-9-12-16-10-5-4-6-11-16/h4-6,10-11H,1-3,7-9,12-15H2,(H,17,18,19). The average molecular weight is 314 g/mol. The number of hydrogen-bond acceptors (Lipinski definition) is 3. The van der Waals surface area contributed by atoms with E-state index in [9.17, 15) is 8.42 Å². The van der Waals surface area contributed by atoms with Crippen molar-refractivity contribution in [3.05, 3.63) is 35.9 Å². The minimum absolute atomic E-state index is 0.122. The quantitative estimate of drug-likeness (QED) is 0.474. The largest absolute Gasteiger partial charge is 0.381 e. The van der Waals surface area contributed by atoms with Crippen molar-refractivity contribution in [2.24, 2.45) is 0 Å². The minimum atomic E-state index is -3.78. The molecule has 0 aliphatic rings. The van der Waals surface area contributed by atoms with Gasteiger partial charge in [-0.3, -0.25) is 4.55 Å². The normalized spacial score (nSPS) is 11.7. The first-order valence-electron chi connectivity index (χ1n) is 7.65. The van der Waals surface area contributed by atoms with Gasteiger partial charge >= 0.3 is 0 Å². The number of benzene rings is 1. The topological polar surface area (TPSA) is 63.6 Å². The maximum atomic E-state index is 10.5. The first-order chi connectivity index (χ1) is 10.1. The van der Waals surface area contributed by atoms with Crippen LogP contribution in [0, 0.1) is 0 Å². The van der Waals surface area contributed by atoms with E-state index in [2.05, 4.69) is 24.3 Å². The van der Waals surface area contributed by atoms with Gasteiger partial charge < -0.3 is 4.74 Å². The summed E-state index contributed by atoms with van der Waals surface area (Å²) in [7, 11) is -3.78. The van der Waals surface area contributed by atoms with E-state index in [4.69, 9.17) is 9.29 Å². The van der Waals surface area contributed by atoms with Crippen molar-refractivity contribution in [2.45, 2.75) is 44.9 Å². The van der Waals surface area contributed by atoms with Crippen LogP contribution in [0.4, 0.5) is 0 Å². The lowest BCUT2D eigenvalue weighted by Crippen LogP contribution is -2.03. The van der Waals surface area contributed by atoms with Gasteiger partial charge in [0.1, 0.15) is 0 Å². The molecule has 5 heteroatoms. The van der Waals surface area contributed by atoms with E-state index < -0.39 is 10.1 Å². The lowest BCUT2D eigenvalue weighted by molar-refractivity contribution is 0.127. The van der Waals surface area contributed by atoms with Gasteiger partial charge in [0.2, 0.25) is 0 Å². The van der Waals surface area contributed by atoms with Gasteiger partial charge in [-0.1, -0.05) is 49.6 Å². The van der Waals surface area contributed by atoms with E-state index in [1.165, 1.54) is 5.56 Å². The fourth-order valence-corrected chi connectivity index (χ4v) is 2.71. The summed E-state index contributed by atoms with van der Waals surface area (Å²) in [6.45, 7) is 1.56. The monoisotopic (exact) mass is 314 g/mol. The number of rotatable bonds is 12. The van der Waals surface area contributed by atoms with Gasteiger partial charge in [0.05, 0.1) is 5.75 Å². The Hall–Kier alpha value is -0.910. The smallest absolute Gasteiger partial charge is 0.264 e. The molecule has 0 atom stereocenters. The van der Waals surface area contributed by atoms with E-state index in [1.54, 1.807) is 0 Å². The molecule has 0 aromatic heterocycles. The van der Waals surface area contributed by atoms with Gasteiger partial charge in [-0.15, -0.1) is 0 Å². The minimum Gasteiger partial charge on any atom is -0.381 e. The molecule has 0 radical (unpaired) electrons. The van der Waals surface area contributed by atoms with E-state index in [0.717, 1.165) is 51.7 Å². The second-order valence-electron chi connectivity index (χ2n) is 5.26. The van der Waals surface area contributed by atoms with Gasteiger partial charge in [-0.05, 0) is 31.2 Å². The molecule has 1 rings (SSSR count). The van der Waals surface area contributed by atoms with Gasteiger partial charge in [0.15, 0.2) is 0 Å². The van der Waals surface area contributed by atoms with Crippen LogP contribution in [0.1, 0.15) is 44.1 Å². The van der Waals surface area contributed by atoms with Crippen molar-refractivity contribution in [1.29, 1.82) is 0 Å². The van der Waals surface area contributed by atoms with E-state index in [1.807, 2.05) is 6.07 Å². The number of unbranched alkanes of at least 4 members (excludes halogenated alkanes) is 4. The highest BCUT2D eigenvalue weighted by molar-refractivity contribution is 7.85. The van der Waals surface area contributed by atoms with Crippen LogP contribution in [-0.2, 0) is 21.3 Å². The molecule has 0 fully saturated rings. The molecule has 21 heavy (non-hydrogen) atoms. The summed E-state index contributed by atoms with van der Waals surface area (Å²) >= 11 is 0. The predicted molar refractivity (Wildman–Crippen MR) is 85.1 cm³/mol. The van der Waals surface area contributed by atoms with Crippen molar-refractivity contribution in [3.63, 3.8) is 0 Å². The molecule has 0 aliphatic heterocycles. The van der Waals surface area contributed by atoms with Crippen molar-refractivity contribution in [3.8, 4) is 0 Å². The Morgan fingerprint density at radius 3 is 2.19 bits per heavy atom.